The van der Waals surface area contributed by atoms with Gasteiger partial charge in [-0.1, -0.05) is 18.2 Å². The average Bonchev–Trinajstić information content (AvgIpc) is 2.26. The van der Waals surface area contributed by atoms with E-state index in [1.807, 2.05) is 0 Å². The Morgan fingerprint density at radius 3 is 2.57 bits per heavy atom. The predicted molar refractivity (Wildman–Crippen MR) is 58.2 cm³/mol. The Labute approximate surface area is 85.9 Å². The predicted octanol–water partition coefficient (Wildman–Crippen LogP) is 2.48. The first-order valence-corrected chi connectivity index (χ1v) is 4.96. The first kappa shape index (κ1) is 11.2. The maximum atomic E-state index is 5.76. The van der Waals surface area contributed by atoms with E-state index in [4.69, 9.17) is 9.47 Å². The van der Waals surface area contributed by atoms with Gasteiger partial charge in [-0.3, -0.25) is 0 Å². The molecule has 2 atom stereocenters. The second kappa shape index (κ2) is 5.78. The Morgan fingerprint density at radius 2 is 2.00 bits per heavy atom. The van der Waals surface area contributed by atoms with Gasteiger partial charge in [-0.25, -0.2) is 0 Å². The van der Waals surface area contributed by atoms with E-state index in [9.17, 15) is 0 Å². The van der Waals surface area contributed by atoms with Crippen LogP contribution in [0.25, 0.3) is 0 Å². The molecular formula is C12H18O2. The summed E-state index contributed by atoms with van der Waals surface area (Å²) in [7, 11) is 0. The molecule has 1 saturated heterocycles. The van der Waals surface area contributed by atoms with Crippen LogP contribution < -0.4 is 0 Å². The molecule has 1 aliphatic rings. The topological polar surface area (TPSA) is 18.5 Å². The van der Waals surface area contributed by atoms with Gasteiger partial charge in [0.25, 0.3) is 0 Å². The van der Waals surface area contributed by atoms with Gasteiger partial charge in [-0.15, -0.1) is 19.7 Å². The summed E-state index contributed by atoms with van der Waals surface area (Å²) in [5.74, 6) is 0. The molecule has 0 saturated carbocycles. The minimum Gasteiger partial charge on any atom is -0.371 e. The molecule has 1 fully saturated rings. The highest BCUT2D eigenvalue weighted by Crippen LogP contribution is 2.19. The van der Waals surface area contributed by atoms with Gasteiger partial charge in [-0.2, -0.15) is 0 Å². The van der Waals surface area contributed by atoms with Crippen molar-refractivity contribution in [2.24, 2.45) is 0 Å². The monoisotopic (exact) mass is 194 g/mol. The van der Waals surface area contributed by atoms with Gasteiger partial charge in [0, 0.05) is 6.61 Å². The summed E-state index contributed by atoms with van der Waals surface area (Å²) >= 11 is 0. The molecule has 0 amide bonds. The van der Waals surface area contributed by atoms with Crippen LogP contribution >= 0.6 is 0 Å². The standard InChI is InChI=1S/C12H18O2/c1-4-10(5-2)14-12-8-7-9-13-11(12)6-3/h4-6,10-12H,1-3,7-9H2/t11-,12+/m1/s1. The summed E-state index contributed by atoms with van der Waals surface area (Å²) in [4.78, 5) is 0. The molecule has 1 heterocycles. The molecule has 0 radical (unpaired) electrons. The van der Waals surface area contributed by atoms with Crippen LogP contribution in [-0.4, -0.2) is 24.9 Å². The number of ether oxygens (including phenoxy) is 2. The van der Waals surface area contributed by atoms with E-state index in [1.165, 1.54) is 0 Å². The van der Waals surface area contributed by atoms with Crippen LogP contribution in [0.2, 0.25) is 0 Å². The fourth-order valence-electron chi connectivity index (χ4n) is 1.55. The molecule has 0 spiro atoms. The lowest BCUT2D eigenvalue weighted by molar-refractivity contribution is -0.0915. The van der Waals surface area contributed by atoms with Crippen molar-refractivity contribution in [3.63, 3.8) is 0 Å². The van der Waals surface area contributed by atoms with E-state index in [1.54, 1.807) is 18.2 Å². The van der Waals surface area contributed by atoms with Gasteiger partial charge in [-0.05, 0) is 12.8 Å². The summed E-state index contributed by atoms with van der Waals surface area (Å²) < 4.78 is 11.3. The molecule has 0 aromatic rings. The Hall–Kier alpha value is -0.860. The highest BCUT2D eigenvalue weighted by atomic mass is 16.5. The second-order valence-corrected chi connectivity index (χ2v) is 3.32. The maximum absolute atomic E-state index is 5.76. The molecule has 0 aliphatic carbocycles. The van der Waals surface area contributed by atoms with Gasteiger partial charge < -0.3 is 9.47 Å². The lowest BCUT2D eigenvalue weighted by Gasteiger charge is -2.31. The van der Waals surface area contributed by atoms with E-state index in [-0.39, 0.29) is 18.3 Å². The highest BCUT2D eigenvalue weighted by Gasteiger charge is 2.25. The van der Waals surface area contributed by atoms with E-state index >= 15 is 0 Å². The van der Waals surface area contributed by atoms with E-state index < -0.39 is 0 Å². The normalized spacial score (nSPS) is 27.2. The van der Waals surface area contributed by atoms with Crippen LogP contribution in [-0.2, 0) is 9.47 Å². The van der Waals surface area contributed by atoms with Crippen LogP contribution in [0.3, 0.4) is 0 Å². The fourth-order valence-corrected chi connectivity index (χ4v) is 1.55. The molecule has 0 bridgehead atoms. The van der Waals surface area contributed by atoms with Crippen LogP contribution in [0.4, 0.5) is 0 Å². The second-order valence-electron chi connectivity index (χ2n) is 3.32. The van der Waals surface area contributed by atoms with Crippen molar-refractivity contribution >= 4 is 0 Å². The summed E-state index contributed by atoms with van der Waals surface area (Å²) in [6, 6.07) is 0. The largest absolute Gasteiger partial charge is 0.371 e. The molecule has 0 aromatic heterocycles. The van der Waals surface area contributed by atoms with Crippen LogP contribution in [0, 0.1) is 0 Å². The highest BCUT2D eigenvalue weighted by molar-refractivity contribution is 4.97. The lowest BCUT2D eigenvalue weighted by atomic mass is 10.1. The number of rotatable bonds is 5. The molecule has 0 aromatic carbocycles. The van der Waals surface area contributed by atoms with Crippen LogP contribution in [0.15, 0.2) is 38.0 Å². The van der Waals surface area contributed by atoms with Crippen molar-refractivity contribution < 1.29 is 9.47 Å². The Morgan fingerprint density at radius 1 is 1.29 bits per heavy atom. The molecular weight excluding hydrogens is 176 g/mol. The molecule has 0 unspecified atom stereocenters. The van der Waals surface area contributed by atoms with Gasteiger partial charge in [0.05, 0.1) is 12.2 Å². The SMILES string of the molecule is C=CC(C=C)O[C@H]1CCCO[C@@H]1C=C. The number of hydrogen-bond donors (Lipinski definition) is 0. The van der Waals surface area contributed by atoms with Gasteiger partial charge in [0.1, 0.15) is 6.10 Å². The van der Waals surface area contributed by atoms with Crippen molar-refractivity contribution in [3.8, 4) is 0 Å². The fraction of sp³-hybridized carbons (Fsp3) is 0.500. The molecule has 0 N–H and O–H groups in total. The summed E-state index contributed by atoms with van der Waals surface area (Å²) in [5, 5.41) is 0. The third-order valence-electron chi connectivity index (χ3n) is 2.34. The van der Waals surface area contributed by atoms with Crippen LogP contribution in [0.5, 0.6) is 0 Å². The Balaban J connectivity index is 2.50. The molecule has 1 aliphatic heterocycles. The zero-order valence-electron chi connectivity index (χ0n) is 8.52. The van der Waals surface area contributed by atoms with E-state index in [2.05, 4.69) is 19.7 Å². The van der Waals surface area contributed by atoms with Crippen molar-refractivity contribution in [2.75, 3.05) is 6.61 Å². The molecule has 1 rings (SSSR count). The Kier molecular flexibility index (Phi) is 4.63. The van der Waals surface area contributed by atoms with E-state index in [0.717, 1.165) is 19.4 Å². The molecule has 78 valence electrons. The zero-order chi connectivity index (χ0) is 10.4. The van der Waals surface area contributed by atoms with Crippen molar-refractivity contribution in [1.82, 2.24) is 0 Å². The third-order valence-corrected chi connectivity index (χ3v) is 2.34. The number of hydrogen-bond acceptors (Lipinski definition) is 2. The summed E-state index contributed by atoms with van der Waals surface area (Å²) in [6.07, 6.45) is 7.32. The van der Waals surface area contributed by atoms with Crippen molar-refractivity contribution in [1.29, 1.82) is 0 Å². The maximum Gasteiger partial charge on any atom is 0.101 e. The summed E-state index contributed by atoms with van der Waals surface area (Å²) in [6.45, 7) is 11.9. The summed E-state index contributed by atoms with van der Waals surface area (Å²) in [5.41, 5.74) is 0. The van der Waals surface area contributed by atoms with Crippen molar-refractivity contribution in [3.05, 3.63) is 38.0 Å². The third kappa shape index (κ3) is 2.82. The van der Waals surface area contributed by atoms with E-state index in [0.29, 0.717) is 0 Å². The molecule has 14 heavy (non-hydrogen) atoms. The van der Waals surface area contributed by atoms with Gasteiger partial charge >= 0.3 is 0 Å². The average molecular weight is 194 g/mol. The van der Waals surface area contributed by atoms with Gasteiger partial charge in [0.2, 0.25) is 0 Å². The molecule has 2 nitrogen and oxygen atoms in total. The lowest BCUT2D eigenvalue weighted by Crippen LogP contribution is -2.36. The smallest absolute Gasteiger partial charge is 0.101 e. The quantitative estimate of drug-likeness (QED) is 0.626. The zero-order valence-corrected chi connectivity index (χ0v) is 8.52. The minimum absolute atomic E-state index is 0.00569. The first-order valence-electron chi connectivity index (χ1n) is 4.96. The first-order chi connectivity index (χ1) is 6.81. The van der Waals surface area contributed by atoms with Crippen molar-refractivity contribution in [2.45, 2.75) is 31.2 Å². The van der Waals surface area contributed by atoms with Crippen LogP contribution in [0.1, 0.15) is 12.8 Å². The Bertz CT molecular complexity index is 202. The molecule has 2 heteroatoms. The minimum atomic E-state index is -0.0934. The van der Waals surface area contributed by atoms with Gasteiger partial charge in [0.15, 0.2) is 0 Å².